The van der Waals surface area contributed by atoms with Crippen molar-refractivity contribution >= 4 is 17.7 Å². The maximum absolute atomic E-state index is 11.8. The molecule has 0 heterocycles. The SMILES string of the molecule is CCc1ccc(N(C)C(=O)NCCC(O)C(=O)O)cc1. The number of carboxylic acids is 1. The highest BCUT2D eigenvalue weighted by Gasteiger charge is 2.14. The van der Waals surface area contributed by atoms with Gasteiger partial charge in [-0.2, -0.15) is 0 Å². The van der Waals surface area contributed by atoms with Gasteiger partial charge in [-0.3, -0.25) is 4.90 Å². The van der Waals surface area contributed by atoms with Gasteiger partial charge in [-0.1, -0.05) is 19.1 Å². The predicted octanol–water partition coefficient (Wildman–Crippen LogP) is 1.23. The van der Waals surface area contributed by atoms with Gasteiger partial charge in [0.05, 0.1) is 0 Å². The molecule has 6 heteroatoms. The number of nitrogens with zero attached hydrogens (tertiary/aromatic N) is 1. The normalized spacial score (nSPS) is 11.8. The van der Waals surface area contributed by atoms with E-state index in [-0.39, 0.29) is 19.0 Å². The van der Waals surface area contributed by atoms with Crippen molar-refractivity contribution in [3.63, 3.8) is 0 Å². The molecular weight excluding hydrogens is 260 g/mol. The van der Waals surface area contributed by atoms with Crippen LogP contribution in [0, 0.1) is 0 Å². The van der Waals surface area contributed by atoms with E-state index in [1.807, 2.05) is 24.3 Å². The molecule has 0 aliphatic rings. The summed E-state index contributed by atoms with van der Waals surface area (Å²) in [6, 6.07) is 7.27. The molecule has 3 N–H and O–H groups in total. The van der Waals surface area contributed by atoms with Crippen molar-refractivity contribution in [2.45, 2.75) is 25.9 Å². The largest absolute Gasteiger partial charge is 0.479 e. The highest BCUT2D eigenvalue weighted by molar-refractivity contribution is 5.91. The van der Waals surface area contributed by atoms with Crippen LogP contribution in [0.4, 0.5) is 10.5 Å². The molecule has 1 aromatic carbocycles. The zero-order valence-corrected chi connectivity index (χ0v) is 11.7. The van der Waals surface area contributed by atoms with Crippen molar-refractivity contribution in [1.29, 1.82) is 0 Å². The first kappa shape index (κ1) is 16.0. The Morgan fingerprint density at radius 1 is 1.30 bits per heavy atom. The maximum atomic E-state index is 11.8. The zero-order valence-electron chi connectivity index (χ0n) is 11.7. The zero-order chi connectivity index (χ0) is 15.1. The number of hydrogen-bond acceptors (Lipinski definition) is 3. The van der Waals surface area contributed by atoms with Crippen molar-refractivity contribution in [2.24, 2.45) is 0 Å². The number of aliphatic hydroxyl groups is 1. The molecule has 0 radical (unpaired) electrons. The Kier molecular flexibility index (Phi) is 5.99. The van der Waals surface area contributed by atoms with Crippen LogP contribution in [0.15, 0.2) is 24.3 Å². The Bertz CT molecular complexity index is 459. The number of anilines is 1. The van der Waals surface area contributed by atoms with Crippen molar-refractivity contribution < 1.29 is 19.8 Å². The van der Waals surface area contributed by atoms with Crippen LogP contribution < -0.4 is 10.2 Å². The van der Waals surface area contributed by atoms with E-state index in [9.17, 15) is 9.59 Å². The molecule has 6 nitrogen and oxygen atoms in total. The van der Waals surface area contributed by atoms with Gasteiger partial charge in [0.25, 0.3) is 0 Å². The van der Waals surface area contributed by atoms with E-state index in [4.69, 9.17) is 10.2 Å². The van der Waals surface area contributed by atoms with Gasteiger partial charge in [0.1, 0.15) is 0 Å². The lowest BCUT2D eigenvalue weighted by molar-refractivity contribution is -0.146. The summed E-state index contributed by atoms with van der Waals surface area (Å²) in [6.45, 7) is 2.16. The minimum atomic E-state index is -1.45. The van der Waals surface area contributed by atoms with Gasteiger partial charge < -0.3 is 15.5 Å². The van der Waals surface area contributed by atoms with E-state index in [0.29, 0.717) is 0 Å². The molecule has 0 bridgehead atoms. The average Bonchev–Trinajstić information content (AvgIpc) is 2.46. The summed E-state index contributed by atoms with van der Waals surface area (Å²) >= 11 is 0. The van der Waals surface area contributed by atoms with Crippen LogP contribution in [0.25, 0.3) is 0 Å². The number of carboxylic acid groups (broad SMARTS) is 1. The van der Waals surface area contributed by atoms with Crippen molar-refractivity contribution in [1.82, 2.24) is 5.32 Å². The molecular formula is C14H20N2O4. The Morgan fingerprint density at radius 3 is 2.40 bits per heavy atom. The summed E-state index contributed by atoms with van der Waals surface area (Å²) in [5, 5.41) is 20.2. The van der Waals surface area contributed by atoms with Gasteiger partial charge in [-0.25, -0.2) is 9.59 Å². The molecule has 0 aliphatic carbocycles. The number of urea groups is 1. The molecule has 20 heavy (non-hydrogen) atoms. The molecule has 1 unspecified atom stereocenters. The smallest absolute Gasteiger partial charge is 0.332 e. The van der Waals surface area contributed by atoms with Crippen LogP contribution >= 0.6 is 0 Å². The van der Waals surface area contributed by atoms with E-state index in [1.165, 1.54) is 10.5 Å². The lowest BCUT2D eigenvalue weighted by Gasteiger charge is -2.18. The molecule has 2 amide bonds. The number of hydrogen-bond donors (Lipinski definition) is 3. The standard InChI is InChI=1S/C14H20N2O4/c1-3-10-4-6-11(7-5-10)16(2)14(20)15-9-8-12(17)13(18)19/h4-7,12,17H,3,8-9H2,1-2H3,(H,15,20)(H,18,19). The Hall–Kier alpha value is -2.08. The number of aliphatic carboxylic acids is 1. The molecule has 0 saturated carbocycles. The van der Waals surface area contributed by atoms with Crippen molar-refractivity contribution in [2.75, 3.05) is 18.5 Å². The lowest BCUT2D eigenvalue weighted by atomic mass is 10.1. The van der Waals surface area contributed by atoms with E-state index >= 15 is 0 Å². The van der Waals surface area contributed by atoms with Gasteiger partial charge in [0.15, 0.2) is 6.10 Å². The summed E-state index contributed by atoms with van der Waals surface area (Å²) in [6.07, 6.45) is -0.545. The fourth-order valence-electron chi connectivity index (χ4n) is 1.63. The second kappa shape index (κ2) is 7.49. The van der Waals surface area contributed by atoms with Crippen molar-refractivity contribution in [3.8, 4) is 0 Å². The first-order valence-electron chi connectivity index (χ1n) is 6.47. The third kappa shape index (κ3) is 4.55. The number of carbonyl (C=O) groups is 2. The first-order valence-corrected chi connectivity index (χ1v) is 6.47. The highest BCUT2D eigenvalue weighted by atomic mass is 16.4. The lowest BCUT2D eigenvalue weighted by Crippen LogP contribution is -2.39. The second-order valence-corrected chi connectivity index (χ2v) is 4.45. The molecule has 0 saturated heterocycles. The van der Waals surface area contributed by atoms with Crippen LogP contribution in [0.3, 0.4) is 0 Å². The minimum Gasteiger partial charge on any atom is -0.479 e. The van der Waals surface area contributed by atoms with Gasteiger partial charge in [-0.05, 0) is 24.1 Å². The van der Waals surface area contributed by atoms with E-state index in [1.54, 1.807) is 7.05 Å². The third-order valence-electron chi connectivity index (χ3n) is 3.02. The fourth-order valence-corrected chi connectivity index (χ4v) is 1.63. The number of aryl methyl sites for hydroxylation is 1. The summed E-state index contributed by atoms with van der Waals surface area (Å²) in [5.41, 5.74) is 1.94. The number of benzene rings is 1. The van der Waals surface area contributed by atoms with Gasteiger partial charge >= 0.3 is 12.0 Å². The van der Waals surface area contributed by atoms with Gasteiger partial charge in [0.2, 0.25) is 0 Å². The molecule has 110 valence electrons. The molecule has 0 aromatic heterocycles. The predicted molar refractivity (Wildman–Crippen MR) is 75.9 cm³/mol. The van der Waals surface area contributed by atoms with Crippen LogP contribution in [0.1, 0.15) is 18.9 Å². The fraction of sp³-hybridized carbons (Fsp3) is 0.429. The van der Waals surface area contributed by atoms with E-state index in [0.717, 1.165) is 12.1 Å². The highest BCUT2D eigenvalue weighted by Crippen LogP contribution is 2.14. The van der Waals surface area contributed by atoms with Crippen LogP contribution in [-0.2, 0) is 11.2 Å². The summed E-state index contributed by atoms with van der Waals surface area (Å²) in [7, 11) is 1.63. The molecule has 0 spiro atoms. The molecule has 0 fully saturated rings. The quantitative estimate of drug-likeness (QED) is 0.731. The van der Waals surface area contributed by atoms with E-state index in [2.05, 4.69) is 12.2 Å². The summed E-state index contributed by atoms with van der Waals surface area (Å²) in [4.78, 5) is 23.7. The Labute approximate surface area is 118 Å². The van der Waals surface area contributed by atoms with E-state index < -0.39 is 12.1 Å². The number of rotatable bonds is 6. The number of amides is 2. The van der Waals surface area contributed by atoms with Crippen LogP contribution in [-0.4, -0.2) is 41.9 Å². The van der Waals surface area contributed by atoms with Crippen LogP contribution in [0.2, 0.25) is 0 Å². The molecule has 1 aromatic rings. The molecule has 1 rings (SSSR count). The van der Waals surface area contributed by atoms with Crippen LogP contribution in [0.5, 0.6) is 0 Å². The monoisotopic (exact) mass is 280 g/mol. The maximum Gasteiger partial charge on any atom is 0.332 e. The molecule has 1 atom stereocenters. The third-order valence-corrected chi connectivity index (χ3v) is 3.02. The average molecular weight is 280 g/mol. The number of aliphatic hydroxyl groups excluding tert-OH is 1. The summed E-state index contributed by atoms with van der Waals surface area (Å²) < 4.78 is 0. The Morgan fingerprint density at radius 2 is 1.90 bits per heavy atom. The summed E-state index contributed by atoms with van der Waals surface area (Å²) in [5.74, 6) is -1.29. The Balaban J connectivity index is 2.47. The van der Waals surface area contributed by atoms with Gasteiger partial charge in [-0.15, -0.1) is 0 Å². The second-order valence-electron chi connectivity index (χ2n) is 4.45. The first-order chi connectivity index (χ1) is 9.45. The van der Waals surface area contributed by atoms with Crippen molar-refractivity contribution in [3.05, 3.63) is 29.8 Å². The minimum absolute atomic E-state index is 0.0241. The number of nitrogens with one attached hydrogen (secondary N) is 1. The van der Waals surface area contributed by atoms with Gasteiger partial charge in [0, 0.05) is 25.7 Å². The molecule has 0 aliphatic heterocycles. The number of carbonyl (C=O) groups excluding carboxylic acids is 1. The topological polar surface area (TPSA) is 89.9 Å².